The fourth-order valence-electron chi connectivity index (χ4n) is 3.58. The second kappa shape index (κ2) is 5.89. The highest BCUT2D eigenvalue weighted by atomic mass is 16.7. The summed E-state index contributed by atoms with van der Waals surface area (Å²) in [6, 6.07) is 13.2. The van der Waals surface area contributed by atoms with E-state index in [9.17, 15) is 0 Å². The van der Waals surface area contributed by atoms with Crippen LogP contribution in [0.1, 0.15) is 34.6 Å². The van der Waals surface area contributed by atoms with Crippen LogP contribution in [0.25, 0.3) is 0 Å². The van der Waals surface area contributed by atoms with Gasteiger partial charge in [-0.3, -0.25) is 4.90 Å². The molecule has 2 aliphatic rings. The van der Waals surface area contributed by atoms with Crippen molar-refractivity contribution in [2.75, 3.05) is 19.9 Å². The first-order chi connectivity index (χ1) is 11.2. The van der Waals surface area contributed by atoms with E-state index in [2.05, 4.69) is 49.1 Å². The van der Waals surface area contributed by atoms with Gasteiger partial charge in [-0.25, -0.2) is 0 Å². The van der Waals surface area contributed by atoms with Gasteiger partial charge in [-0.1, -0.05) is 24.3 Å². The first kappa shape index (κ1) is 14.6. The zero-order valence-corrected chi connectivity index (χ0v) is 13.8. The Balaban J connectivity index is 1.43. The van der Waals surface area contributed by atoms with Crippen molar-refractivity contribution in [3.8, 4) is 11.5 Å². The lowest BCUT2D eigenvalue weighted by Crippen LogP contribution is -2.19. The molecule has 2 aliphatic heterocycles. The van der Waals surface area contributed by atoms with Gasteiger partial charge in [0.05, 0.1) is 0 Å². The molecule has 1 saturated heterocycles. The third-order valence-corrected chi connectivity index (χ3v) is 5.12. The topological polar surface area (TPSA) is 21.7 Å². The van der Waals surface area contributed by atoms with Crippen LogP contribution in [0.15, 0.2) is 36.4 Å². The zero-order chi connectivity index (χ0) is 15.8. The lowest BCUT2D eigenvalue weighted by Gasteiger charge is -2.17. The van der Waals surface area contributed by atoms with Gasteiger partial charge in [0.2, 0.25) is 6.79 Å². The van der Waals surface area contributed by atoms with Gasteiger partial charge in [-0.05, 0) is 67.1 Å². The average Bonchev–Trinajstić information content (AvgIpc) is 3.19. The third kappa shape index (κ3) is 2.93. The van der Waals surface area contributed by atoms with Gasteiger partial charge in [-0.15, -0.1) is 0 Å². The van der Waals surface area contributed by atoms with Crippen LogP contribution in [0, 0.1) is 13.8 Å². The number of benzene rings is 2. The van der Waals surface area contributed by atoms with Crippen LogP contribution in [-0.4, -0.2) is 24.8 Å². The minimum absolute atomic E-state index is 0.350. The van der Waals surface area contributed by atoms with Crippen LogP contribution in [0.3, 0.4) is 0 Å². The Bertz CT molecular complexity index is 726. The smallest absolute Gasteiger partial charge is 0.231 e. The van der Waals surface area contributed by atoms with Crippen molar-refractivity contribution in [2.45, 2.75) is 32.7 Å². The summed E-state index contributed by atoms with van der Waals surface area (Å²) < 4.78 is 10.9. The molecule has 0 saturated carbocycles. The van der Waals surface area contributed by atoms with Gasteiger partial charge in [0.25, 0.3) is 0 Å². The van der Waals surface area contributed by atoms with E-state index in [0.29, 0.717) is 12.7 Å². The summed E-state index contributed by atoms with van der Waals surface area (Å²) in [4.78, 5) is 2.55. The van der Waals surface area contributed by atoms with Crippen LogP contribution in [0.5, 0.6) is 11.5 Å². The SMILES string of the molecule is Cc1ccc(CN2CC[C@@H](c3ccc4c(c3)OCO4)C2)cc1C. The summed E-state index contributed by atoms with van der Waals surface area (Å²) in [5.74, 6) is 2.37. The first-order valence-electron chi connectivity index (χ1n) is 8.37. The molecule has 1 atom stereocenters. The predicted molar refractivity (Wildman–Crippen MR) is 91.1 cm³/mol. The standard InChI is InChI=1S/C20H23NO2/c1-14-3-4-16(9-15(14)2)11-21-8-7-18(12-21)17-5-6-19-20(10-17)23-13-22-19/h3-6,9-10,18H,7-8,11-13H2,1-2H3/t18-/m1/s1. The van der Waals surface area contributed by atoms with Crippen molar-refractivity contribution in [1.82, 2.24) is 4.90 Å². The molecule has 3 heteroatoms. The molecule has 0 bridgehead atoms. The fraction of sp³-hybridized carbons (Fsp3) is 0.400. The fourth-order valence-corrected chi connectivity index (χ4v) is 3.58. The Morgan fingerprint density at radius 2 is 1.87 bits per heavy atom. The van der Waals surface area contributed by atoms with Crippen LogP contribution in [0.4, 0.5) is 0 Å². The molecule has 0 radical (unpaired) electrons. The van der Waals surface area contributed by atoms with Crippen molar-refractivity contribution in [1.29, 1.82) is 0 Å². The second-order valence-electron chi connectivity index (χ2n) is 6.75. The second-order valence-corrected chi connectivity index (χ2v) is 6.75. The number of rotatable bonds is 3. The maximum absolute atomic E-state index is 5.51. The highest BCUT2D eigenvalue weighted by molar-refractivity contribution is 5.45. The molecule has 4 rings (SSSR count). The van der Waals surface area contributed by atoms with Gasteiger partial charge in [0, 0.05) is 13.1 Å². The summed E-state index contributed by atoms with van der Waals surface area (Å²) >= 11 is 0. The van der Waals surface area contributed by atoms with Crippen LogP contribution in [0.2, 0.25) is 0 Å². The summed E-state index contributed by atoms with van der Waals surface area (Å²) in [5.41, 5.74) is 5.54. The molecule has 2 heterocycles. The highest BCUT2D eigenvalue weighted by Gasteiger charge is 2.25. The summed E-state index contributed by atoms with van der Waals surface area (Å²) in [6.07, 6.45) is 1.21. The van der Waals surface area contributed by atoms with Crippen molar-refractivity contribution >= 4 is 0 Å². The molecule has 0 aromatic heterocycles. The molecular formula is C20H23NO2. The normalized spacial score (nSPS) is 20.2. The predicted octanol–water partition coefficient (Wildman–Crippen LogP) is 4.02. The Morgan fingerprint density at radius 3 is 2.74 bits per heavy atom. The van der Waals surface area contributed by atoms with E-state index in [1.54, 1.807) is 0 Å². The van der Waals surface area contributed by atoms with Crippen molar-refractivity contribution in [3.63, 3.8) is 0 Å². The molecule has 3 nitrogen and oxygen atoms in total. The minimum atomic E-state index is 0.350. The van der Waals surface area contributed by atoms with E-state index < -0.39 is 0 Å². The summed E-state index contributed by atoms with van der Waals surface area (Å²) in [5, 5.41) is 0. The molecule has 2 aromatic rings. The van der Waals surface area contributed by atoms with Crippen molar-refractivity contribution in [3.05, 3.63) is 58.7 Å². The zero-order valence-electron chi connectivity index (χ0n) is 13.8. The molecule has 0 aliphatic carbocycles. The number of likely N-dealkylation sites (tertiary alicyclic amines) is 1. The Kier molecular flexibility index (Phi) is 3.74. The maximum Gasteiger partial charge on any atom is 0.231 e. The van der Waals surface area contributed by atoms with Gasteiger partial charge >= 0.3 is 0 Å². The van der Waals surface area contributed by atoms with Gasteiger partial charge in [0.1, 0.15) is 0 Å². The van der Waals surface area contributed by atoms with Crippen LogP contribution >= 0.6 is 0 Å². The molecule has 0 spiro atoms. The average molecular weight is 309 g/mol. The van der Waals surface area contributed by atoms with Crippen LogP contribution < -0.4 is 9.47 Å². The van der Waals surface area contributed by atoms with E-state index in [1.165, 1.54) is 28.7 Å². The Morgan fingerprint density at radius 1 is 1.00 bits per heavy atom. The van der Waals surface area contributed by atoms with Gasteiger partial charge in [-0.2, -0.15) is 0 Å². The lowest BCUT2D eigenvalue weighted by molar-refractivity contribution is 0.174. The molecule has 0 amide bonds. The van der Waals surface area contributed by atoms with E-state index in [4.69, 9.17) is 9.47 Å². The largest absolute Gasteiger partial charge is 0.454 e. The Labute approximate surface area is 137 Å². The van der Waals surface area contributed by atoms with Crippen LogP contribution in [-0.2, 0) is 6.54 Å². The molecule has 23 heavy (non-hydrogen) atoms. The molecule has 0 unspecified atom stereocenters. The highest BCUT2D eigenvalue weighted by Crippen LogP contribution is 2.37. The van der Waals surface area contributed by atoms with E-state index in [1.807, 2.05) is 6.07 Å². The maximum atomic E-state index is 5.51. The lowest BCUT2D eigenvalue weighted by atomic mass is 9.98. The molecule has 0 N–H and O–H groups in total. The molecule has 120 valence electrons. The van der Waals surface area contributed by atoms with E-state index in [-0.39, 0.29) is 0 Å². The monoisotopic (exact) mass is 309 g/mol. The minimum Gasteiger partial charge on any atom is -0.454 e. The number of hydrogen-bond acceptors (Lipinski definition) is 3. The first-order valence-corrected chi connectivity index (χ1v) is 8.37. The summed E-state index contributed by atoms with van der Waals surface area (Å²) in [6.45, 7) is 8.03. The van der Waals surface area contributed by atoms with Crippen molar-refractivity contribution in [2.24, 2.45) is 0 Å². The van der Waals surface area contributed by atoms with Gasteiger partial charge < -0.3 is 9.47 Å². The molecule has 1 fully saturated rings. The quantitative estimate of drug-likeness (QED) is 0.854. The third-order valence-electron chi connectivity index (χ3n) is 5.12. The van der Waals surface area contributed by atoms with E-state index >= 15 is 0 Å². The number of hydrogen-bond donors (Lipinski definition) is 0. The van der Waals surface area contributed by atoms with Crippen molar-refractivity contribution < 1.29 is 9.47 Å². The number of fused-ring (bicyclic) bond motifs is 1. The van der Waals surface area contributed by atoms with E-state index in [0.717, 1.165) is 31.1 Å². The van der Waals surface area contributed by atoms with Gasteiger partial charge in [0.15, 0.2) is 11.5 Å². The Hall–Kier alpha value is -2.00. The number of nitrogens with zero attached hydrogens (tertiary/aromatic N) is 1. The number of aryl methyl sites for hydroxylation is 2. The molecular weight excluding hydrogens is 286 g/mol. The molecule has 2 aromatic carbocycles. The number of ether oxygens (including phenoxy) is 2. The summed E-state index contributed by atoms with van der Waals surface area (Å²) in [7, 11) is 0.